The Hall–Kier alpha value is -1.59. The van der Waals surface area contributed by atoms with Crippen LogP contribution >= 0.6 is 0 Å². The molecule has 0 atom stereocenters. The van der Waals surface area contributed by atoms with E-state index < -0.39 is 0 Å². The summed E-state index contributed by atoms with van der Waals surface area (Å²) in [7, 11) is 3.28. The minimum atomic E-state index is 0.0421. The molecule has 5 nitrogen and oxygen atoms in total. The van der Waals surface area contributed by atoms with E-state index in [0.717, 1.165) is 17.9 Å². The van der Waals surface area contributed by atoms with Gasteiger partial charge < -0.3 is 20.1 Å². The van der Waals surface area contributed by atoms with Crippen LogP contribution in [0.1, 0.15) is 17.5 Å². The second kappa shape index (κ2) is 9.34. The van der Waals surface area contributed by atoms with Gasteiger partial charge in [-0.2, -0.15) is 0 Å². The van der Waals surface area contributed by atoms with Gasteiger partial charge >= 0.3 is 0 Å². The van der Waals surface area contributed by atoms with E-state index in [9.17, 15) is 4.79 Å². The molecule has 1 aromatic rings. The molecule has 0 aliphatic heterocycles. The van der Waals surface area contributed by atoms with E-state index >= 15 is 0 Å². The second-order valence-corrected chi connectivity index (χ2v) is 4.57. The van der Waals surface area contributed by atoms with Crippen LogP contribution in [0.3, 0.4) is 0 Å². The predicted octanol–water partition coefficient (Wildman–Crippen LogP) is 1.25. The largest absolute Gasteiger partial charge is 0.496 e. The van der Waals surface area contributed by atoms with Gasteiger partial charge in [-0.15, -0.1) is 0 Å². The molecule has 0 aromatic heterocycles. The smallest absolute Gasteiger partial charge is 0.221 e. The highest BCUT2D eigenvalue weighted by Crippen LogP contribution is 2.18. The maximum absolute atomic E-state index is 11.4. The molecule has 0 heterocycles. The van der Waals surface area contributed by atoms with Gasteiger partial charge in [0.1, 0.15) is 5.75 Å². The maximum Gasteiger partial charge on any atom is 0.221 e. The predicted molar refractivity (Wildman–Crippen MR) is 78.9 cm³/mol. The number of rotatable bonds is 9. The zero-order valence-corrected chi connectivity index (χ0v) is 12.5. The summed E-state index contributed by atoms with van der Waals surface area (Å²) < 4.78 is 10.1. The van der Waals surface area contributed by atoms with Gasteiger partial charge in [0.25, 0.3) is 0 Å². The van der Waals surface area contributed by atoms with E-state index in [4.69, 9.17) is 9.47 Å². The molecule has 0 fully saturated rings. The second-order valence-electron chi connectivity index (χ2n) is 4.57. The first-order chi connectivity index (χ1) is 9.67. The third kappa shape index (κ3) is 6.04. The molecule has 1 amide bonds. The Morgan fingerprint density at radius 3 is 2.70 bits per heavy atom. The highest BCUT2D eigenvalue weighted by Gasteiger charge is 2.02. The number of nitrogens with one attached hydrogen (secondary N) is 2. The minimum Gasteiger partial charge on any atom is -0.496 e. The summed E-state index contributed by atoms with van der Waals surface area (Å²) in [4.78, 5) is 11.4. The summed E-state index contributed by atoms with van der Waals surface area (Å²) in [6.07, 6.45) is 0.471. The van der Waals surface area contributed by atoms with Gasteiger partial charge in [-0.3, -0.25) is 4.79 Å². The third-order valence-electron chi connectivity index (χ3n) is 2.95. The quantitative estimate of drug-likeness (QED) is 0.668. The first kappa shape index (κ1) is 16.5. The number of aryl methyl sites for hydroxylation is 1. The lowest BCUT2D eigenvalue weighted by molar-refractivity contribution is -0.121. The molecular formula is C15H24N2O3. The lowest BCUT2D eigenvalue weighted by Crippen LogP contribution is -2.29. The fourth-order valence-electron chi connectivity index (χ4n) is 1.87. The fourth-order valence-corrected chi connectivity index (χ4v) is 1.87. The van der Waals surface area contributed by atoms with E-state index in [1.807, 2.05) is 19.1 Å². The molecule has 0 bridgehead atoms. The maximum atomic E-state index is 11.4. The molecular weight excluding hydrogens is 256 g/mol. The zero-order valence-electron chi connectivity index (χ0n) is 12.5. The fraction of sp³-hybridized carbons (Fsp3) is 0.533. The van der Waals surface area contributed by atoms with E-state index in [2.05, 4.69) is 16.7 Å². The van der Waals surface area contributed by atoms with Crippen LogP contribution in [0.4, 0.5) is 0 Å². The molecule has 0 unspecified atom stereocenters. The van der Waals surface area contributed by atoms with Crippen LogP contribution in [0.2, 0.25) is 0 Å². The summed E-state index contributed by atoms with van der Waals surface area (Å²) in [6.45, 7) is 4.53. The van der Waals surface area contributed by atoms with Crippen LogP contribution in [0.15, 0.2) is 18.2 Å². The average Bonchev–Trinajstić information content (AvgIpc) is 2.44. The summed E-state index contributed by atoms with van der Waals surface area (Å²) in [5.74, 6) is 0.937. The van der Waals surface area contributed by atoms with E-state index in [0.29, 0.717) is 26.1 Å². The van der Waals surface area contributed by atoms with Crippen LogP contribution in [0.25, 0.3) is 0 Å². The average molecular weight is 280 g/mol. The van der Waals surface area contributed by atoms with Gasteiger partial charge in [0, 0.05) is 33.2 Å². The van der Waals surface area contributed by atoms with Crippen molar-refractivity contribution in [2.24, 2.45) is 0 Å². The highest BCUT2D eigenvalue weighted by atomic mass is 16.5. The molecule has 0 saturated carbocycles. The number of ether oxygens (including phenoxy) is 2. The molecule has 20 heavy (non-hydrogen) atoms. The highest BCUT2D eigenvalue weighted by molar-refractivity contribution is 5.76. The van der Waals surface area contributed by atoms with Crippen molar-refractivity contribution in [2.45, 2.75) is 19.9 Å². The van der Waals surface area contributed by atoms with Gasteiger partial charge in [-0.05, 0) is 24.1 Å². The Bertz CT molecular complexity index is 422. The third-order valence-corrected chi connectivity index (χ3v) is 2.95. The van der Waals surface area contributed by atoms with Crippen molar-refractivity contribution in [3.05, 3.63) is 29.3 Å². The molecule has 1 rings (SSSR count). The number of amides is 1. The Kier molecular flexibility index (Phi) is 7.69. The molecule has 0 aliphatic rings. The van der Waals surface area contributed by atoms with Crippen LogP contribution in [0.5, 0.6) is 5.75 Å². The molecule has 0 spiro atoms. The van der Waals surface area contributed by atoms with Crippen LogP contribution in [-0.4, -0.2) is 39.8 Å². The molecule has 112 valence electrons. The van der Waals surface area contributed by atoms with Crippen LogP contribution in [0, 0.1) is 6.92 Å². The Morgan fingerprint density at radius 2 is 2.05 bits per heavy atom. The van der Waals surface area contributed by atoms with Gasteiger partial charge in [-0.1, -0.05) is 12.1 Å². The molecule has 0 aliphatic carbocycles. The van der Waals surface area contributed by atoms with Crippen molar-refractivity contribution in [3.63, 3.8) is 0 Å². The van der Waals surface area contributed by atoms with Crippen molar-refractivity contribution in [1.82, 2.24) is 10.6 Å². The number of hydrogen-bond acceptors (Lipinski definition) is 4. The van der Waals surface area contributed by atoms with Crippen molar-refractivity contribution in [1.29, 1.82) is 0 Å². The van der Waals surface area contributed by atoms with Gasteiger partial charge in [-0.25, -0.2) is 0 Å². The SMILES string of the molecule is COCCNC(=O)CCNCc1ccc(OC)c(C)c1. The Morgan fingerprint density at radius 1 is 1.25 bits per heavy atom. The van der Waals surface area contributed by atoms with E-state index in [1.54, 1.807) is 14.2 Å². The zero-order chi connectivity index (χ0) is 14.8. The van der Waals surface area contributed by atoms with Gasteiger partial charge in [0.2, 0.25) is 5.91 Å². The lowest BCUT2D eigenvalue weighted by atomic mass is 10.1. The van der Waals surface area contributed by atoms with Gasteiger partial charge in [0.15, 0.2) is 0 Å². The molecule has 0 saturated heterocycles. The van der Waals surface area contributed by atoms with E-state index in [-0.39, 0.29) is 5.91 Å². The number of benzene rings is 1. The standard InChI is InChI=1S/C15H24N2O3/c1-12-10-13(4-5-14(12)20-3)11-16-7-6-15(18)17-8-9-19-2/h4-5,10,16H,6-9,11H2,1-3H3,(H,17,18). The summed E-state index contributed by atoms with van der Waals surface area (Å²) in [5, 5.41) is 6.04. The number of methoxy groups -OCH3 is 2. The van der Waals surface area contributed by atoms with Crippen LogP contribution in [-0.2, 0) is 16.1 Å². The van der Waals surface area contributed by atoms with E-state index in [1.165, 1.54) is 5.56 Å². The number of carbonyl (C=O) groups is 1. The molecule has 1 aromatic carbocycles. The number of carbonyl (C=O) groups excluding carboxylic acids is 1. The summed E-state index contributed by atoms with van der Waals surface area (Å²) in [5.41, 5.74) is 2.30. The molecule has 0 radical (unpaired) electrons. The number of hydrogen-bond donors (Lipinski definition) is 2. The molecule has 2 N–H and O–H groups in total. The monoisotopic (exact) mass is 280 g/mol. The topological polar surface area (TPSA) is 59.6 Å². The van der Waals surface area contributed by atoms with Gasteiger partial charge in [0.05, 0.1) is 13.7 Å². The summed E-state index contributed by atoms with van der Waals surface area (Å²) in [6, 6.07) is 6.08. The first-order valence-corrected chi connectivity index (χ1v) is 6.77. The van der Waals surface area contributed by atoms with Crippen molar-refractivity contribution in [2.75, 3.05) is 33.9 Å². The van der Waals surface area contributed by atoms with Crippen molar-refractivity contribution >= 4 is 5.91 Å². The first-order valence-electron chi connectivity index (χ1n) is 6.77. The lowest BCUT2D eigenvalue weighted by Gasteiger charge is -2.09. The minimum absolute atomic E-state index is 0.0421. The van der Waals surface area contributed by atoms with Crippen molar-refractivity contribution < 1.29 is 14.3 Å². The van der Waals surface area contributed by atoms with Crippen molar-refractivity contribution in [3.8, 4) is 5.75 Å². The Balaban J connectivity index is 2.21. The normalized spacial score (nSPS) is 10.3. The Labute approximate surface area is 120 Å². The summed E-state index contributed by atoms with van der Waals surface area (Å²) >= 11 is 0. The molecule has 5 heteroatoms. The van der Waals surface area contributed by atoms with Crippen LogP contribution < -0.4 is 15.4 Å².